The average Bonchev–Trinajstić information content (AvgIpc) is 3.89. The second kappa shape index (κ2) is 17.7. The van der Waals surface area contributed by atoms with Gasteiger partial charge in [-0.2, -0.15) is 10.5 Å². The van der Waals surface area contributed by atoms with E-state index in [4.69, 9.17) is 8.83 Å². The first-order valence-electron chi connectivity index (χ1n) is 27.6. The van der Waals surface area contributed by atoms with Gasteiger partial charge in [0.2, 0.25) is 0 Å². The Morgan fingerprint density at radius 3 is 1.11 bits per heavy atom. The van der Waals surface area contributed by atoms with Gasteiger partial charge in [0, 0.05) is 38.3 Å². The van der Waals surface area contributed by atoms with Crippen molar-refractivity contribution in [3.8, 4) is 23.3 Å². The highest BCUT2D eigenvalue weighted by atomic mass is 28.3. The molecule has 2 aromatic heterocycles. The number of hydrogen-bond donors (Lipinski definition) is 0. The minimum Gasteiger partial charge on any atom is -0.454 e. The van der Waals surface area contributed by atoms with E-state index >= 15 is 0 Å². The molecule has 2 aliphatic rings. The fourth-order valence-electron chi connectivity index (χ4n) is 13.7. The predicted molar refractivity (Wildman–Crippen MR) is 335 cm³/mol. The van der Waals surface area contributed by atoms with Gasteiger partial charge in [-0.25, -0.2) is 0 Å². The van der Waals surface area contributed by atoms with E-state index in [-0.39, 0.29) is 5.41 Å². The minimum absolute atomic E-state index is 0.294. The molecule has 0 N–H and O–H groups in total. The second-order valence-corrected chi connectivity index (χ2v) is 34.3. The molecular weight excluding hydrogens is 1010 g/mol. The summed E-state index contributed by atoms with van der Waals surface area (Å²) in [6.45, 7) is 18.9. The lowest BCUT2D eigenvalue weighted by atomic mass is 9.55. The third kappa shape index (κ3) is 6.99. The van der Waals surface area contributed by atoms with Crippen molar-refractivity contribution >= 4 is 105 Å². The molecule has 2 aliphatic carbocycles. The third-order valence-corrected chi connectivity index (χ3v) is 21.3. The summed E-state index contributed by atoms with van der Waals surface area (Å²) in [7, 11) is -3.68. The Kier molecular flexibility index (Phi) is 10.8. The Bertz CT molecular complexity index is 4370. The Morgan fingerprint density at radius 1 is 0.362 bits per heavy atom. The number of para-hydroxylation sites is 6. The highest BCUT2D eigenvalue weighted by Gasteiger charge is 2.53. The molecular formula is C72H58N4O2Si2. The number of fused-ring (bicyclic) bond motifs is 15. The zero-order chi connectivity index (χ0) is 55.0. The fraction of sp³-hybridized carbons (Fsp3) is 0.139. The standard InChI is InChI=1S/C72H58N4O2Si2/c1-71(2)57-27-11-13-29-59(57)72(60-30-14-12-28-58(60)71)55-39-37-47(75(61-31-15-9-21-45(61)43-73)63-33-17-23-49-51-25-19-35-65(79(3,4)5)69(51)77-67(49)63)41-53(55)54-42-48(38-40-56(54)72)76(62-32-16-10-22-46(62)44-74)64-34-18-24-50-52-26-20-36-66(80(6,7)8)70(52)78-68(50)64/h9-42H,1-8H3. The highest BCUT2D eigenvalue weighted by Crippen LogP contribution is 2.63. The lowest BCUT2D eigenvalue weighted by Gasteiger charge is -2.46. The summed E-state index contributed by atoms with van der Waals surface area (Å²) in [4.78, 5) is 4.45. The van der Waals surface area contributed by atoms with Crippen molar-refractivity contribution in [3.05, 3.63) is 251 Å². The summed E-state index contributed by atoms with van der Waals surface area (Å²) in [6.07, 6.45) is 0. The number of rotatable bonds is 8. The van der Waals surface area contributed by atoms with Crippen molar-refractivity contribution in [1.82, 2.24) is 0 Å². The summed E-state index contributed by atoms with van der Waals surface area (Å²) < 4.78 is 14.3. The van der Waals surface area contributed by atoms with Gasteiger partial charge >= 0.3 is 0 Å². The lowest BCUT2D eigenvalue weighted by molar-refractivity contribution is 0.563. The van der Waals surface area contributed by atoms with Crippen LogP contribution in [0.25, 0.3) is 55.0 Å². The van der Waals surface area contributed by atoms with Crippen LogP contribution in [-0.2, 0) is 10.8 Å². The third-order valence-electron chi connectivity index (χ3n) is 17.3. The second-order valence-electron chi connectivity index (χ2n) is 24.2. The van der Waals surface area contributed by atoms with Crippen LogP contribution in [0, 0.1) is 22.7 Å². The molecule has 0 saturated carbocycles. The number of nitrogens with zero attached hydrogens (tertiary/aromatic N) is 4. The van der Waals surface area contributed by atoms with Gasteiger partial charge in [0.05, 0.1) is 55.4 Å². The van der Waals surface area contributed by atoms with Gasteiger partial charge < -0.3 is 18.6 Å². The molecule has 0 amide bonds. The monoisotopic (exact) mass is 1070 g/mol. The van der Waals surface area contributed by atoms with Crippen LogP contribution in [0.15, 0.2) is 215 Å². The normalized spacial score (nSPS) is 13.9. The van der Waals surface area contributed by atoms with Gasteiger partial charge in [-0.05, 0) is 116 Å². The summed E-state index contributed by atoms with van der Waals surface area (Å²) in [5, 5.41) is 28.6. The quantitative estimate of drug-likeness (QED) is 0.141. The zero-order valence-electron chi connectivity index (χ0n) is 46.2. The van der Waals surface area contributed by atoms with Crippen LogP contribution in [-0.4, -0.2) is 16.1 Å². The zero-order valence-corrected chi connectivity index (χ0v) is 48.2. The number of anilines is 6. The molecule has 12 aromatic rings. The largest absolute Gasteiger partial charge is 0.454 e. The molecule has 10 aromatic carbocycles. The Labute approximate surface area is 469 Å². The van der Waals surface area contributed by atoms with Crippen LogP contribution in [0.5, 0.6) is 0 Å². The van der Waals surface area contributed by atoms with Crippen molar-refractivity contribution in [1.29, 1.82) is 10.5 Å². The van der Waals surface area contributed by atoms with E-state index in [0.717, 1.165) is 89.1 Å². The fourth-order valence-corrected chi connectivity index (χ4v) is 16.6. The van der Waals surface area contributed by atoms with Crippen LogP contribution in [0.2, 0.25) is 39.3 Å². The maximum atomic E-state index is 10.9. The smallest absolute Gasteiger partial charge is 0.159 e. The van der Waals surface area contributed by atoms with Gasteiger partial charge in [-0.1, -0.05) is 199 Å². The maximum absolute atomic E-state index is 10.9. The number of furan rings is 2. The van der Waals surface area contributed by atoms with Crippen LogP contribution >= 0.6 is 0 Å². The Balaban J connectivity index is 1.08. The van der Waals surface area contributed by atoms with E-state index in [1.807, 2.05) is 48.5 Å². The van der Waals surface area contributed by atoms with E-state index in [9.17, 15) is 10.5 Å². The number of hydrogen-bond acceptors (Lipinski definition) is 6. The van der Waals surface area contributed by atoms with E-state index in [1.54, 1.807) is 0 Å². The van der Waals surface area contributed by atoms with Gasteiger partial charge in [0.25, 0.3) is 0 Å². The molecule has 1 spiro atoms. The average molecular weight is 1070 g/mol. The lowest BCUT2D eigenvalue weighted by Crippen LogP contribution is -2.40. The van der Waals surface area contributed by atoms with Crippen molar-refractivity contribution in [3.63, 3.8) is 0 Å². The minimum atomic E-state index is -1.84. The van der Waals surface area contributed by atoms with Crippen molar-refractivity contribution in [2.24, 2.45) is 0 Å². The molecule has 8 heteroatoms. The maximum Gasteiger partial charge on any atom is 0.159 e. The van der Waals surface area contributed by atoms with E-state index in [1.165, 1.54) is 43.8 Å². The SMILES string of the molecule is CC1(C)c2ccccc2C2(c3ccc(N(c4ccccc4C#N)c4cccc5c4oc4c([Si](C)(C)C)cccc45)cc3-c3cc(N(c4ccccc4C#N)c4cccc5c4oc4c([Si](C)(C)C)cccc45)ccc32)c2ccccc21. The number of nitriles is 2. The number of benzene rings is 10. The van der Waals surface area contributed by atoms with E-state index in [0.29, 0.717) is 11.1 Å². The molecule has 0 atom stereocenters. The van der Waals surface area contributed by atoms with Crippen molar-refractivity contribution in [2.75, 3.05) is 9.80 Å². The molecule has 0 bridgehead atoms. The molecule has 80 heavy (non-hydrogen) atoms. The molecule has 0 unspecified atom stereocenters. The first kappa shape index (κ1) is 49.1. The summed E-state index contributed by atoms with van der Waals surface area (Å²) in [5.41, 5.74) is 17.9. The molecule has 6 nitrogen and oxygen atoms in total. The highest BCUT2D eigenvalue weighted by molar-refractivity contribution is 6.90. The summed E-state index contributed by atoms with van der Waals surface area (Å²) in [6, 6.07) is 78.7. The first-order chi connectivity index (χ1) is 38.6. The van der Waals surface area contributed by atoms with E-state index in [2.05, 4.69) is 233 Å². The van der Waals surface area contributed by atoms with Gasteiger partial charge in [-0.3, -0.25) is 0 Å². The molecule has 2 heterocycles. The topological polar surface area (TPSA) is 80.3 Å². The molecule has 386 valence electrons. The Morgan fingerprint density at radius 2 is 0.713 bits per heavy atom. The van der Waals surface area contributed by atoms with Crippen LogP contribution < -0.4 is 20.2 Å². The summed E-state index contributed by atoms with van der Waals surface area (Å²) >= 11 is 0. The Hall–Kier alpha value is -9.19. The molecule has 0 fully saturated rings. The van der Waals surface area contributed by atoms with E-state index < -0.39 is 21.6 Å². The molecule has 0 aliphatic heterocycles. The van der Waals surface area contributed by atoms with Gasteiger partial charge in [0.15, 0.2) is 11.2 Å². The van der Waals surface area contributed by atoms with Gasteiger partial charge in [-0.15, -0.1) is 0 Å². The summed E-state index contributed by atoms with van der Waals surface area (Å²) in [5.74, 6) is 0. The van der Waals surface area contributed by atoms with Crippen molar-refractivity contribution < 1.29 is 8.83 Å². The molecule has 0 saturated heterocycles. The van der Waals surface area contributed by atoms with Crippen LogP contribution in [0.4, 0.5) is 34.1 Å². The van der Waals surface area contributed by atoms with Crippen LogP contribution in [0.3, 0.4) is 0 Å². The molecule has 0 radical (unpaired) electrons. The van der Waals surface area contributed by atoms with Crippen molar-refractivity contribution in [2.45, 2.75) is 64.0 Å². The first-order valence-corrected chi connectivity index (χ1v) is 34.6. The molecule has 14 rings (SSSR count). The van der Waals surface area contributed by atoms with Gasteiger partial charge in [0.1, 0.15) is 23.3 Å². The predicted octanol–water partition coefficient (Wildman–Crippen LogP) is 18.3. The van der Waals surface area contributed by atoms with Crippen LogP contribution in [0.1, 0.15) is 58.4 Å².